The zero-order valence-corrected chi connectivity index (χ0v) is 18.4. The number of amides is 2. The van der Waals surface area contributed by atoms with Crippen LogP contribution in [0.1, 0.15) is 23.0 Å². The minimum absolute atomic E-state index is 0.0653. The number of hydrogen-bond acceptors (Lipinski definition) is 5. The first kappa shape index (κ1) is 21.9. The van der Waals surface area contributed by atoms with Crippen LogP contribution in [0.25, 0.3) is 17.1 Å². The maximum Gasteiger partial charge on any atom is 0.259 e. The zero-order valence-electron chi connectivity index (χ0n) is 18.4. The molecule has 2 amide bonds. The molecule has 0 fully saturated rings. The molecule has 0 aliphatic carbocycles. The lowest BCUT2D eigenvalue weighted by molar-refractivity contribution is -0.122. The Morgan fingerprint density at radius 2 is 1.79 bits per heavy atom. The fraction of sp³-hybridized carbons (Fsp3) is 0.160. The average molecular weight is 444 g/mol. The molecule has 2 heterocycles. The summed E-state index contributed by atoms with van der Waals surface area (Å²) in [6.45, 7) is 4.17. The lowest BCUT2D eigenvalue weighted by Crippen LogP contribution is -2.28. The number of nitrogens with one attached hydrogen (secondary N) is 2. The summed E-state index contributed by atoms with van der Waals surface area (Å²) in [5.41, 5.74) is 2.24. The molecule has 0 aliphatic heterocycles. The van der Waals surface area contributed by atoms with E-state index < -0.39 is 0 Å². The third kappa shape index (κ3) is 5.30. The van der Waals surface area contributed by atoms with Crippen molar-refractivity contribution in [1.82, 2.24) is 15.1 Å². The van der Waals surface area contributed by atoms with Crippen molar-refractivity contribution in [3.8, 4) is 22.9 Å². The number of rotatable bonds is 8. The van der Waals surface area contributed by atoms with Gasteiger partial charge in [-0.3, -0.25) is 9.59 Å². The second kappa shape index (κ2) is 9.86. The third-order valence-electron chi connectivity index (χ3n) is 4.81. The molecule has 168 valence electrons. The van der Waals surface area contributed by atoms with E-state index in [0.29, 0.717) is 35.0 Å². The van der Waals surface area contributed by atoms with Gasteiger partial charge in [0.25, 0.3) is 11.8 Å². The number of carbonyl (C=O) groups excluding carboxylic acids is 2. The predicted octanol–water partition coefficient (Wildman–Crippen LogP) is 4.21. The molecule has 0 saturated carbocycles. The second-order valence-corrected chi connectivity index (χ2v) is 7.30. The Morgan fingerprint density at radius 1 is 1.03 bits per heavy atom. The van der Waals surface area contributed by atoms with Crippen molar-refractivity contribution in [3.05, 3.63) is 84.3 Å². The molecule has 33 heavy (non-hydrogen) atoms. The summed E-state index contributed by atoms with van der Waals surface area (Å²) in [4.78, 5) is 24.7. The summed E-state index contributed by atoms with van der Waals surface area (Å²) in [5.74, 6) is 1.27. The first-order valence-electron chi connectivity index (χ1n) is 10.6. The van der Waals surface area contributed by atoms with E-state index in [1.165, 1.54) is 0 Å². The van der Waals surface area contributed by atoms with E-state index in [9.17, 15) is 9.59 Å². The average Bonchev–Trinajstić information content (AvgIpc) is 3.46. The van der Waals surface area contributed by atoms with E-state index in [4.69, 9.17) is 9.15 Å². The lowest BCUT2D eigenvalue weighted by atomic mass is 10.2. The van der Waals surface area contributed by atoms with Gasteiger partial charge in [0.15, 0.2) is 12.4 Å². The number of hydrogen-bond donors (Lipinski definition) is 2. The molecule has 0 atom stereocenters. The monoisotopic (exact) mass is 444 g/mol. The molecule has 2 aromatic carbocycles. The quantitative estimate of drug-likeness (QED) is 0.424. The highest BCUT2D eigenvalue weighted by atomic mass is 16.5. The molecule has 0 spiro atoms. The largest absolute Gasteiger partial charge is 0.484 e. The minimum atomic E-state index is -0.322. The van der Waals surface area contributed by atoms with Crippen LogP contribution in [0.5, 0.6) is 5.75 Å². The fourth-order valence-corrected chi connectivity index (χ4v) is 3.23. The third-order valence-corrected chi connectivity index (χ3v) is 4.81. The SMILES string of the molecule is CCNC(=O)COc1ccc(NC(=O)c2cn(-c3ccccc3)nc2-c2ccc(C)o2)cc1. The number of furan rings is 1. The molecule has 4 rings (SSSR count). The van der Waals surface area contributed by atoms with Gasteiger partial charge < -0.3 is 19.8 Å². The van der Waals surface area contributed by atoms with Gasteiger partial charge in [-0.2, -0.15) is 5.10 Å². The number of anilines is 1. The number of benzene rings is 2. The number of ether oxygens (including phenoxy) is 1. The summed E-state index contributed by atoms with van der Waals surface area (Å²) in [6.07, 6.45) is 1.68. The number of carbonyl (C=O) groups is 2. The molecule has 0 saturated heterocycles. The van der Waals surface area contributed by atoms with Crippen molar-refractivity contribution in [2.45, 2.75) is 13.8 Å². The standard InChI is InChI=1S/C25H24N4O4/c1-3-26-23(30)16-32-20-12-10-18(11-13-20)27-25(31)21-15-29(19-7-5-4-6-8-19)28-24(21)22-14-9-17(2)33-22/h4-15H,3,16H2,1-2H3,(H,26,30)(H,27,31). The Balaban J connectivity index is 1.54. The van der Waals surface area contributed by atoms with E-state index in [-0.39, 0.29) is 18.4 Å². The first-order valence-corrected chi connectivity index (χ1v) is 10.6. The van der Waals surface area contributed by atoms with Gasteiger partial charge in [-0.25, -0.2) is 4.68 Å². The van der Waals surface area contributed by atoms with Gasteiger partial charge in [0, 0.05) is 18.4 Å². The zero-order chi connectivity index (χ0) is 23.2. The van der Waals surface area contributed by atoms with Crippen LogP contribution in [-0.4, -0.2) is 34.7 Å². The van der Waals surface area contributed by atoms with Gasteiger partial charge in [-0.05, 0) is 62.4 Å². The Labute approximate surface area is 191 Å². The lowest BCUT2D eigenvalue weighted by Gasteiger charge is -2.08. The van der Waals surface area contributed by atoms with Crippen molar-refractivity contribution in [2.75, 3.05) is 18.5 Å². The van der Waals surface area contributed by atoms with Crippen LogP contribution >= 0.6 is 0 Å². The Morgan fingerprint density at radius 3 is 2.45 bits per heavy atom. The smallest absolute Gasteiger partial charge is 0.259 e. The van der Waals surface area contributed by atoms with Crippen molar-refractivity contribution in [1.29, 1.82) is 0 Å². The van der Waals surface area contributed by atoms with E-state index in [0.717, 1.165) is 11.4 Å². The van der Waals surface area contributed by atoms with Crippen LogP contribution in [0.2, 0.25) is 0 Å². The summed E-state index contributed by atoms with van der Waals surface area (Å²) < 4.78 is 12.8. The molecule has 8 nitrogen and oxygen atoms in total. The normalized spacial score (nSPS) is 10.6. The number of aromatic nitrogens is 2. The number of likely N-dealkylation sites (N-methyl/N-ethyl adjacent to an activating group) is 1. The van der Waals surface area contributed by atoms with E-state index in [2.05, 4.69) is 15.7 Å². The van der Waals surface area contributed by atoms with Crippen molar-refractivity contribution >= 4 is 17.5 Å². The van der Waals surface area contributed by atoms with Crippen molar-refractivity contribution in [3.63, 3.8) is 0 Å². The second-order valence-electron chi connectivity index (χ2n) is 7.30. The molecule has 0 radical (unpaired) electrons. The fourth-order valence-electron chi connectivity index (χ4n) is 3.23. The predicted molar refractivity (Wildman–Crippen MR) is 125 cm³/mol. The Hall–Kier alpha value is -4.33. The van der Waals surface area contributed by atoms with E-state index in [1.54, 1.807) is 41.2 Å². The highest BCUT2D eigenvalue weighted by Gasteiger charge is 2.21. The Bertz CT molecular complexity index is 1240. The van der Waals surface area contributed by atoms with Crippen molar-refractivity contribution in [2.24, 2.45) is 0 Å². The van der Waals surface area contributed by atoms with Gasteiger partial charge in [-0.15, -0.1) is 0 Å². The van der Waals surface area contributed by atoms with Crippen LogP contribution in [-0.2, 0) is 4.79 Å². The molecule has 0 aliphatic rings. The molecular formula is C25H24N4O4. The number of para-hydroxylation sites is 1. The van der Waals surface area contributed by atoms with Gasteiger partial charge in [-0.1, -0.05) is 18.2 Å². The van der Waals surface area contributed by atoms with Gasteiger partial charge >= 0.3 is 0 Å². The highest BCUT2D eigenvalue weighted by Crippen LogP contribution is 2.27. The van der Waals surface area contributed by atoms with E-state index in [1.807, 2.05) is 50.2 Å². The molecule has 4 aromatic rings. The van der Waals surface area contributed by atoms with Crippen LogP contribution in [0.15, 0.2) is 77.3 Å². The van der Waals surface area contributed by atoms with Crippen LogP contribution in [0.4, 0.5) is 5.69 Å². The molecule has 2 N–H and O–H groups in total. The molecule has 0 bridgehead atoms. The summed E-state index contributed by atoms with van der Waals surface area (Å²) in [7, 11) is 0. The highest BCUT2D eigenvalue weighted by molar-refractivity contribution is 6.07. The van der Waals surface area contributed by atoms with Crippen LogP contribution in [0.3, 0.4) is 0 Å². The van der Waals surface area contributed by atoms with E-state index >= 15 is 0 Å². The molecule has 0 unspecified atom stereocenters. The molecular weight excluding hydrogens is 420 g/mol. The number of aryl methyl sites for hydroxylation is 1. The molecule has 8 heteroatoms. The number of nitrogens with zero attached hydrogens (tertiary/aromatic N) is 2. The van der Waals surface area contributed by atoms with Crippen LogP contribution < -0.4 is 15.4 Å². The van der Waals surface area contributed by atoms with Gasteiger partial charge in [0.05, 0.1) is 11.3 Å². The first-order chi connectivity index (χ1) is 16.0. The summed E-state index contributed by atoms with van der Waals surface area (Å²) in [6, 6.07) is 20.0. The Kier molecular flexibility index (Phi) is 6.54. The summed E-state index contributed by atoms with van der Waals surface area (Å²) >= 11 is 0. The maximum atomic E-state index is 13.1. The van der Waals surface area contributed by atoms with Gasteiger partial charge in [0.1, 0.15) is 17.2 Å². The topological polar surface area (TPSA) is 98.4 Å². The van der Waals surface area contributed by atoms with Crippen molar-refractivity contribution < 1.29 is 18.7 Å². The maximum absolute atomic E-state index is 13.1. The molecule has 2 aromatic heterocycles. The van der Waals surface area contributed by atoms with Crippen LogP contribution in [0, 0.1) is 6.92 Å². The van der Waals surface area contributed by atoms with Gasteiger partial charge in [0.2, 0.25) is 0 Å². The minimum Gasteiger partial charge on any atom is -0.484 e. The summed E-state index contributed by atoms with van der Waals surface area (Å²) in [5, 5.41) is 10.2.